The van der Waals surface area contributed by atoms with Crippen LogP contribution < -0.4 is 4.72 Å². The average molecular weight is 475 g/mol. The quantitative estimate of drug-likeness (QED) is 0.293. The number of H-pyrrole nitrogens is 1. The number of sulfonamides is 1. The van der Waals surface area contributed by atoms with Gasteiger partial charge in [0, 0.05) is 22.2 Å². The largest absolute Gasteiger partial charge is 0.358 e. The smallest absolute Gasteiger partial charge is 0.264 e. The second-order valence-corrected chi connectivity index (χ2v) is 10.5. The number of nitrogens with one attached hydrogen (secondary N) is 2. The molecule has 0 saturated heterocycles. The van der Waals surface area contributed by atoms with Gasteiger partial charge in [-0.25, -0.2) is 13.1 Å². The van der Waals surface area contributed by atoms with Crippen LogP contribution in [-0.4, -0.2) is 25.1 Å². The second-order valence-electron chi connectivity index (χ2n) is 8.69. The van der Waals surface area contributed by atoms with Crippen LogP contribution in [-0.2, 0) is 16.4 Å². The van der Waals surface area contributed by atoms with E-state index < -0.39 is 15.9 Å². The number of rotatable bonds is 9. The van der Waals surface area contributed by atoms with Gasteiger partial charge in [0.15, 0.2) is 0 Å². The minimum atomic E-state index is -3.64. The van der Waals surface area contributed by atoms with E-state index in [1.807, 2.05) is 38.1 Å². The minimum absolute atomic E-state index is 0.0394. The van der Waals surface area contributed by atoms with Gasteiger partial charge in [-0.2, -0.15) is 0 Å². The Morgan fingerprint density at radius 3 is 2.32 bits per heavy atom. The zero-order chi connectivity index (χ0) is 24.1. The van der Waals surface area contributed by atoms with E-state index in [1.165, 1.54) is 11.1 Å². The average Bonchev–Trinajstić information content (AvgIpc) is 3.14. The molecule has 1 heterocycles. The molecule has 0 spiro atoms. The highest BCUT2D eigenvalue weighted by molar-refractivity contribution is 7.90. The van der Waals surface area contributed by atoms with Crippen molar-refractivity contribution in [1.29, 1.82) is 0 Å². The molecule has 0 saturated carbocycles. The second kappa shape index (κ2) is 10.3. The van der Waals surface area contributed by atoms with Gasteiger partial charge in [-0.15, -0.1) is 0 Å². The third-order valence-electron chi connectivity index (χ3n) is 6.09. The van der Waals surface area contributed by atoms with Gasteiger partial charge in [0.05, 0.1) is 5.75 Å². The van der Waals surface area contributed by atoms with Gasteiger partial charge < -0.3 is 4.98 Å². The lowest BCUT2D eigenvalue weighted by Crippen LogP contribution is -2.32. The molecule has 0 fully saturated rings. The monoisotopic (exact) mass is 474 g/mol. The molecule has 0 aliphatic rings. The van der Waals surface area contributed by atoms with Gasteiger partial charge in [0.1, 0.15) is 0 Å². The Bertz CT molecular complexity index is 1390. The van der Waals surface area contributed by atoms with Crippen molar-refractivity contribution in [2.24, 2.45) is 0 Å². The van der Waals surface area contributed by atoms with E-state index in [2.05, 4.69) is 46.1 Å². The molecule has 5 nitrogen and oxygen atoms in total. The molecule has 34 heavy (non-hydrogen) atoms. The maximum Gasteiger partial charge on any atom is 0.264 e. The van der Waals surface area contributed by atoms with Crippen molar-refractivity contribution in [3.05, 3.63) is 95.2 Å². The van der Waals surface area contributed by atoms with Crippen molar-refractivity contribution in [2.45, 2.75) is 39.5 Å². The first-order valence-corrected chi connectivity index (χ1v) is 13.3. The number of amides is 1. The van der Waals surface area contributed by atoms with Crippen LogP contribution in [0.25, 0.3) is 22.0 Å². The summed E-state index contributed by atoms with van der Waals surface area (Å²) in [6, 6.07) is 24.0. The molecule has 0 radical (unpaired) electrons. The normalized spacial score (nSPS) is 11.6. The molecule has 6 heteroatoms. The first kappa shape index (κ1) is 23.8. The highest BCUT2D eigenvalue weighted by Gasteiger charge is 2.18. The highest BCUT2D eigenvalue weighted by atomic mass is 32.2. The molecular weight excluding hydrogens is 444 g/mol. The van der Waals surface area contributed by atoms with Crippen LogP contribution in [0.3, 0.4) is 0 Å². The van der Waals surface area contributed by atoms with Gasteiger partial charge in [-0.3, -0.25) is 4.79 Å². The number of aryl methyl sites for hydroxylation is 1. The lowest BCUT2D eigenvalue weighted by Gasteiger charge is -2.08. The molecule has 0 aliphatic heterocycles. The summed E-state index contributed by atoms with van der Waals surface area (Å²) in [7, 11) is -3.64. The van der Waals surface area contributed by atoms with E-state index in [9.17, 15) is 13.2 Å². The van der Waals surface area contributed by atoms with Crippen LogP contribution in [0.4, 0.5) is 0 Å². The Labute approximate surface area is 201 Å². The minimum Gasteiger partial charge on any atom is -0.358 e. The van der Waals surface area contributed by atoms with Crippen LogP contribution in [0.15, 0.2) is 72.8 Å². The number of fused-ring (bicyclic) bond motifs is 1. The predicted molar refractivity (Wildman–Crippen MR) is 138 cm³/mol. The SMILES string of the molecule is CCCCCS(=O)(=O)NC(=O)c1ccc2[nH]c(C)c(Cc3ccc(-c4ccccc4)cc3)c2c1. The van der Waals surface area contributed by atoms with Crippen molar-refractivity contribution < 1.29 is 13.2 Å². The summed E-state index contributed by atoms with van der Waals surface area (Å²) in [6.07, 6.45) is 2.99. The molecule has 1 amide bonds. The first-order valence-electron chi connectivity index (χ1n) is 11.7. The summed E-state index contributed by atoms with van der Waals surface area (Å²) in [5, 5.41) is 0.931. The topological polar surface area (TPSA) is 79.0 Å². The fourth-order valence-corrected chi connectivity index (χ4v) is 5.28. The van der Waals surface area contributed by atoms with E-state index in [-0.39, 0.29) is 5.75 Å². The van der Waals surface area contributed by atoms with Gasteiger partial charge in [-0.05, 0) is 60.2 Å². The van der Waals surface area contributed by atoms with Gasteiger partial charge in [0.25, 0.3) is 5.91 Å². The number of benzene rings is 3. The Hall–Kier alpha value is -3.38. The molecule has 0 atom stereocenters. The van der Waals surface area contributed by atoms with Crippen LogP contribution in [0.1, 0.15) is 53.4 Å². The summed E-state index contributed by atoms with van der Waals surface area (Å²) in [4.78, 5) is 16.1. The molecule has 0 unspecified atom stereocenters. The van der Waals surface area contributed by atoms with Crippen molar-refractivity contribution in [2.75, 3.05) is 5.75 Å². The molecular formula is C28H30N2O3S. The number of aromatic amines is 1. The number of carbonyl (C=O) groups is 1. The lowest BCUT2D eigenvalue weighted by molar-refractivity contribution is 0.0981. The molecule has 3 aromatic carbocycles. The van der Waals surface area contributed by atoms with Crippen molar-refractivity contribution >= 4 is 26.8 Å². The van der Waals surface area contributed by atoms with E-state index in [0.717, 1.165) is 40.6 Å². The molecule has 176 valence electrons. The fraction of sp³-hybridized carbons (Fsp3) is 0.250. The maximum absolute atomic E-state index is 12.7. The third kappa shape index (κ3) is 5.57. The fourth-order valence-electron chi connectivity index (χ4n) is 4.19. The molecule has 1 aromatic heterocycles. The van der Waals surface area contributed by atoms with E-state index in [4.69, 9.17) is 0 Å². The Balaban J connectivity index is 1.55. The zero-order valence-corrected chi connectivity index (χ0v) is 20.4. The summed E-state index contributed by atoms with van der Waals surface area (Å²) in [6.45, 7) is 4.03. The van der Waals surface area contributed by atoms with Crippen LogP contribution >= 0.6 is 0 Å². The van der Waals surface area contributed by atoms with Gasteiger partial charge in [0.2, 0.25) is 10.0 Å². The van der Waals surface area contributed by atoms with Crippen molar-refractivity contribution in [3.8, 4) is 11.1 Å². The Morgan fingerprint density at radius 2 is 1.62 bits per heavy atom. The van der Waals surface area contributed by atoms with Crippen LogP contribution in [0, 0.1) is 6.92 Å². The summed E-state index contributed by atoms with van der Waals surface area (Å²) >= 11 is 0. The molecule has 0 bridgehead atoms. The van der Waals surface area contributed by atoms with Crippen LogP contribution in [0.2, 0.25) is 0 Å². The number of aromatic nitrogens is 1. The van der Waals surface area contributed by atoms with Crippen molar-refractivity contribution in [1.82, 2.24) is 9.71 Å². The van der Waals surface area contributed by atoms with Gasteiger partial charge >= 0.3 is 0 Å². The Kier molecular flexibility index (Phi) is 7.17. The van der Waals surface area contributed by atoms with E-state index in [0.29, 0.717) is 18.4 Å². The lowest BCUT2D eigenvalue weighted by atomic mass is 9.98. The molecule has 2 N–H and O–H groups in total. The predicted octanol–water partition coefficient (Wildman–Crippen LogP) is 5.98. The number of carbonyl (C=O) groups excluding carboxylic acids is 1. The number of hydrogen-bond donors (Lipinski definition) is 2. The molecule has 0 aliphatic carbocycles. The molecule has 4 aromatic rings. The number of hydrogen-bond acceptors (Lipinski definition) is 3. The van der Waals surface area contributed by atoms with Gasteiger partial charge in [-0.1, -0.05) is 74.4 Å². The van der Waals surface area contributed by atoms with Crippen LogP contribution in [0.5, 0.6) is 0 Å². The standard InChI is InChI=1S/C28H30N2O3S/c1-3-4-8-17-34(32,33)30-28(31)24-15-16-27-26(19-24)25(20(2)29-27)18-21-11-13-23(14-12-21)22-9-6-5-7-10-22/h5-7,9-16,19,29H,3-4,8,17-18H2,1-2H3,(H,30,31). The third-order valence-corrected chi connectivity index (χ3v) is 7.41. The molecule has 4 rings (SSSR count). The van der Waals surface area contributed by atoms with Crippen molar-refractivity contribution in [3.63, 3.8) is 0 Å². The maximum atomic E-state index is 12.7. The first-order chi connectivity index (χ1) is 16.4. The summed E-state index contributed by atoms with van der Waals surface area (Å²) in [5.74, 6) is -0.627. The van der Waals surface area contributed by atoms with E-state index in [1.54, 1.807) is 12.1 Å². The van der Waals surface area contributed by atoms with E-state index >= 15 is 0 Å². The number of unbranched alkanes of at least 4 members (excludes halogenated alkanes) is 2. The Morgan fingerprint density at radius 1 is 0.912 bits per heavy atom. The zero-order valence-electron chi connectivity index (χ0n) is 19.6. The summed E-state index contributed by atoms with van der Waals surface area (Å²) < 4.78 is 26.7. The summed E-state index contributed by atoms with van der Waals surface area (Å²) in [5.41, 5.74) is 6.91. The highest BCUT2D eigenvalue weighted by Crippen LogP contribution is 2.27.